The zero-order valence-corrected chi connectivity index (χ0v) is 9.17. The molecule has 0 spiro atoms. The van der Waals surface area contributed by atoms with Crippen molar-refractivity contribution in [3.63, 3.8) is 0 Å². The van der Waals surface area contributed by atoms with Crippen LogP contribution in [-0.4, -0.2) is 13.2 Å². The second-order valence-corrected chi connectivity index (χ2v) is 4.31. The maximum Gasteiger partial charge on any atom is 0.140 e. The van der Waals surface area contributed by atoms with Gasteiger partial charge in [-0.1, -0.05) is 0 Å². The summed E-state index contributed by atoms with van der Waals surface area (Å²) in [5, 5.41) is 0. The number of halogens is 2. The minimum atomic E-state index is -1.62. The summed E-state index contributed by atoms with van der Waals surface area (Å²) < 4.78 is 33.0. The molecule has 0 aromatic heterocycles. The molecule has 0 saturated heterocycles. The van der Waals surface area contributed by atoms with E-state index in [2.05, 4.69) is 0 Å². The summed E-state index contributed by atoms with van der Waals surface area (Å²) in [6, 6.07) is 4.06. The summed E-state index contributed by atoms with van der Waals surface area (Å²) in [6.45, 7) is 0. The number of benzene rings is 1. The number of hydrogen-bond donors (Lipinski definition) is 1. The summed E-state index contributed by atoms with van der Waals surface area (Å²) in [7, 11) is 1.45. The first-order chi connectivity index (χ1) is 7.55. The van der Waals surface area contributed by atoms with Gasteiger partial charge in [-0.05, 0) is 25.0 Å². The monoisotopic (exact) mass is 227 g/mol. The van der Waals surface area contributed by atoms with Gasteiger partial charge in [-0.25, -0.2) is 8.78 Å². The Morgan fingerprint density at radius 2 is 2.25 bits per heavy atom. The Hall–Kier alpha value is -1.16. The van der Waals surface area contributed by atoms with Crippen molar-refractivity contribution in [2.24, 2.45) is 5.73 Å². The van der Waals surface area contributed by atoms with Gasteiger partial charge in [-0.2, -0.15) is 0 Å². The summed E-state index contributed by atoms with van der Waals surface area (Å²) >= 11 is 0. The third-order valence-corrected chi connectivity index (χ3v) is 3.16. The fourth-order valence-electron chi connectivity index (χ4n) is 2.26. The van der Waals surface area contributed by atoms with E-state index in [9.17, 15) is 8.78 Å². The molecule has 2 unspecified atom stereocenters. The minimum Gasteiger partial charge on any atom is -0.497 e. The maximum atomic E-state index is 14.4. The molecule has 1 aliphatic carbocycles. The second-order valence-electron chi connectivity index (χ2n) is 4.31. The van der Waals surface area contributed by atoms with Gasteiger partial charge in [0.05, 0.1) is 7.11 Å². The lowest BCUT2D eigenvalue weighted by Gasteiger charge is -2.20. The lowest BCUT2D eigenvalue weighted by atomic mass is 9.93. The molecule has 2 N–H and O–H groups in total. The molecule has 88 valence electrons. The van der Waals surface area contributed by atoms with Crippen LogP contribution in [0.2, 0.25) is 0 Å². The Bertz CT molecular complexity index is 397. The van der Waals surface area contributed by atoms with Crippen LogP contribution in [0, 0.1) is 5.82 Å². The third kappa shape index (κ3) is 1.89. The van der Waals surface area contributed by atoms with Crippen LogP contribution in [0.4, 0.5) is 8.78 Å². The van der Waals surface area contributed by atoms with Crippen LogP contribution in [0.15, 0.2) is 18.2 Å². The zero-order valence-electron chi connectivity index (χ0n) is 9.17. The highest BCUT2D eigenvalue weighted by atomic mass is 19.1. The highest BCUT2D eigenvalue weighted by Crippen LogP contribution is 2.43. The van der Waals surface area contributed by atoms with Crippen molar-refractivity contribution in [1.29, 1.82) is 0 Å². The number of methoxy groups -OCH3 is 1. The highest BCUT2D eigenvalue weighted by molar-refractivity contribution is 5.33. The Morgan fingerprint density at radius 3 is 2.75 bits per heavy atom. The lowest BCUT2D eigenvalue weighted by molar-refractivity contribution is 0.166. The molecule has 1 fully saturated rings. The average molecular weight is 227 g/mol. The first-order valence-electron chi connectivity index (χ1n) is 5.34. The molecule has 2 atom stereocenters. The van der Waals surface area contributed by atoms with Gasteiger partial charge in [0.2, 0.25) is 0 Å². The van der Waals surface area contributed by atoms with Gasteiger partial charge < -0.3 is 10.5 Å². The van der Waals surface area contributed by atoms with E-state index in [-0.39, 0.29) is 24.4 Å². The molecule has 0 amide bonds. The number of rotatable bonds is 2. The molecule has 1 saturated carbocycles. The molecule has 1 aliphatic rings. The topological polar surface area (TPSA) is 35.2 Å². The normalized spacial score (nSPS) is 29.4. The molecule has 2 nitrogen and oxygen atoms in total. The number of ether oxygens (including phenoxy) is 1. The number of alkyl halides is 1. The Balaban J connectivity index is 2.33. The Morgan fingerprint density at radius 1 is 1.50 bits per heavy atom. The molecular formula is C12H15F2NO. The van der Waals surface area contributed by atoms with Crippen molar-refractivity contribution in [2.45, 2.75) is 31.0 Å². The summed E-state index contributed by atoms with van der Waals surface area (Å²) in [5.41, 5.74) is 4.15. The van der Waals surface area contributed by atoms with Crippen molar-refractivity contribution in [3.8, 4) is 5.75 Å². The van der Waals surface area contributed by atoms with Crippen molar-refractivity contribution < 1.29 is 13.5 Å². The van der Waals surface area contributed by atoms with Gasteiger partial charge in [0, 0.05) is 24.1 Å². The summed E-state index contributed by atoms with van der Waals surface area (Å²) in [6.07, 6.45) is 1.08. The lowest BCUT2D eigenvalue weighted by Crippen LogP contribution is -2.22. The average Bonchev–Trinajstić information content (AvgIpc) is 2.59. The predicted molar refractivity (Wildman–Crippen MR) is 57.6 cm³/mol. The van der Waals surface area contributed by atoms with Crippen LogP contribution in [0.3, 0.4) is 0 Å². The smallest absolute Gasteiger partial charge is 0.140 e. The van der Waals surface area contributed by atoms with Crippen molar-refractivity contribution in [3.05, 3.63) is 29.6 Å². The van der Waals surface area contributed by atoms with E-state index in [1.165, 1.54) is 19.2 Å². The quantitative estimate of drug-likeness (QED) is 0.842. The van der Waals surface area contributed by atoms with E-state index < -0.39 is 11.5 Å². The predicted octanol–water partition coefficient (Wildman–Crippen LogP) is 2.51. The fourth-order valence-corrected chi connectivity index (χ4v) is 2.26. The molecule has 0 bridgehead atoms. The number of nitrogens with two attached hydrogens (primary N) is 1. The van der Waals surface area contributed by atoms with Crippen molar-refractivity contribution >= 4 is 0 Å². The fraction of sp³-hybridized carbons (Fsp3) is 0.500. The molecule has 1 aromatic rings. The van der Waals surface area contributed by atoms with E-state index in [1.807, 2.05) is 0 Å². The SMILES string of the molecule is COc1ccc(C2(F)CCC(N)C2)c(F)c1. The molecule has 4 heteroatoms. The first-order valence-corrected chi connectivity index (χ1v) is 5.34. The highest BCUT2D eigenvalue weighted by Gasteiger charge is 2.41. The first kappa shape index (κ1) is 11.3. The second kappa shape index (κ2) is 4.01. The molecule has 0 heterocycles. The standard InChI is InChI=1S/C12H15F2NO/c1-16-9-2-3-10(11(13)6-9)12(14)5-4-8(15)7-12/h2-3,6,8H,4-5,7,15H2,1H3. The molecule has 2 rings (SSSR count). The third-order valence-electron chi connectivity index (χ3n) is 3.16. The number of hydrogen-bond acceptors (Lipinski definition) is 2. The molecule has 0 aliphatic heterocycles. The summed E-state index contributed by atoms with van der Waals surface area (Å²) in [5.74, 6) is -0.164. The van der Waals surface area contributed by atoms with E-state index >= 15 is 0 Å². The Kier molecular flexibility index (Phi) is 2.84. The van der Waals surface area contributed by atoms with Gasteiger partial charge in [0.15, 0.2) is 0 Å². The van der Waals surface area contributed by atoms with Crippen LogP contribution in [0.25, 0.3) is 0 Å². The molecule has 16 heavy (non-hydrogen) atoms. The van der Waals surface area contributed by atoms with Crippen LogP contribution >= 0.6 is 0 Å². The van der Waals surface area contributed by atoms with Crippen LogP contribution < -0.4 is 10.5 Å². The molecular weight excluding hydrogens is 212 g/mol. The Labute approximate surface area is 93.4 Å². The van der Waals surface area contributed by atoms with Crippen molar-refractivity contribution in [1.82, 2.24) is 0 Å². The van der Waals surface area contributed by atoms with Gasteiger partial charge in [0.25, 0.3) is 0 Å². The van der Waals surface area contributed by atoms with E-state index in [4.69, 9.17) is 10.5 Å². The van der Waals surface area contributed by atoms with E-state index in [0.717, 1.165) is 0 Å². The molecule has 1 aromatic carbocycles. The van der Waals surface area contributed by atoms with E-state index in [1.54, 1.807) is 6.07 Å². The van der Waals surface area contributed by atoms with Crippen LogP contribution in [-0.2, 0) is 5.67 Å². The summed E-state index contributed by atoms with van der Waals surface area (Å²) in [4.78, 5) is 0. The maximum absolute atomic E-state index is 14.4. The van der Waals surface area contributed by atoms with Gasteiger partial charge in [-0.15, -0.1) is 0 Å². The van der Waals surface area contributed by atoms with Gasteiger partial charge in [-0.3, -0.25) is 0 Å². The largest absolute Gasteiger partial charge is 0.497 e. The van der Waals surface area contributed by atoms with E-state index in [0.29, 0.717) is 12.2 Å². The molecule has 0 radical (unpaired) electrons. The minimum absolute atomic E-state index is 0.0984. The van der Waals surface area contributed by atoms with Crippen LogP contribution in [0.1, 0.15) is 24.8 Å². The van der Waals surface area contributed by atoms with Gasteiger partial charge >= 0.3 is 0 Å². The van der Waals surface area contributed by atoms with Crippen LogP contribution in [0.5, 0.6) is 5.75 Å². The zero-order chi connectivity index (χ0) is 11.8. The van der Waals surface area contributed by atoms with Crippen molar-refractivity contribution in [2.75, 3.05) is 7.11 Å². The van der Waals surface area contributed by atoms with Gasteiger partial charge in [0.1, 0.15) is 17.2 Å².